The Hall–Kier alpha value is -4.21. The minimum absolute atomic E-state index is 0.0702. The number of benzene rings is 3. The molecule has 3 aliphatic rings. The summed E-state index contributed by atoms with van der Waals surface area (Å²) < 4.78 is 29.6. The number of nitrogens with one attached hydrogen (secondary N) is 2. The van der Waals surface area contributed by atoms with Crippen LogP contribution in [0.3, 0.4) is 0 Å². The monoisotopic (exact) mass is 598 g/mol. The maximum atomic E-state index is 14.8. The summed E-state index contributed by atoms with van der Waals surface area (Å²) in [6, 6.07) is 17.4. The molecule has 7 nitrogen and oxygen atoms in total. The molecular formula is C33H29ClF2N6O. The Morgan fingerprint density at radius 2 is 1.70 bits per heavy atom. The fourth-order valence-corrected chi connectivity index (χ4v) is 6.73. The zero-order valence-electron chi connectivity index (χ0n) is 23.4. The van der Waals surface area contributed by atoms with Gasteiger partial charge in [-0.25, -0.2) is 18.7 Å². The molecule has 2 atom stereocenters. The van der Waals surface area contributed by atoms with Crippen molar-refractivity contribution in [3.8, 4) is 11.3 Å². The Labute approximate surface area is 253 Å². The number of nitrogens with zero attached hydrogens (tertiary/aromatic N) is 4. The van der Waals surface area contributed by atoms with Gasteiger partial charge in [-0.3, -0.25) is 9.79 Å². The molecule has 0 saturated carbocycles. The van der Waals surface area contributed by atoms with Gasteiger partial charge in [0, 0.05) is 57.3 Å². The Balaban J connectivity index is 1.11. The second kappa shape index (κ2) is 11.1. The van der Waals surface area contributed by atoms with Crippen LogP contribution in [0.25, 0.3) is 11.3 Å². The molecule has 218 valence electrons. The smallest absolute Gasteiger partial charge is 0.251 e. The van der Waals surface area contributed by atoms with Crippen molar-refractivity contribution >= 4 is 34.9 Å². The highest BCUT2D eigenvalue weighted by Crippen LogP contribution is 2.36. The standard InChI is InChI=1S/C33H29ClF2N6O/c1-42-23-10-11-24(42)15-22(14-23)39-32(43)18-5-8-21(9-6-18)40-33-38-17-19-16-37-31(29-27(35)3-2-4-28(29)36)26-13-20(34)7-12-25(26)30(19)41-33/h2-9,12-13,17,22-24H,10-11,14-16H2,1H3,(H,39,43)(H,38,40,41). The normalized spacial score (nSPS) is 20.9. The van der Waals surface area contributed by atoms with Crippen LogP contribution in [0.15, 0.2) is 71.9 Å². The third kappa shape index (κ3) is 5.28. The number of aromatic nitrogens is 2. The van der Waals surface area contributed by atoms with Crippen molar-refractivity contribution in [1.29, 1.82) is 0 Å². The van der Waals surface area contributed by atoms with Crippen LogP contribution in [-0.2, 0) is 6.54 Å². The third-order valence-corrected chi connectivity index (χ3v) is 9.04. The maximum absolute atomic E-state index is 14.8. The van der Waals surface area contributed by atoms with Crippen LogP contribution < -0.4 is 10.6 Å². The van der Waals surface area contributed by atoms with Crippen LogP contribution in [0.1, 0.15) is 52.7 Å². The van der Waals surface area contributed by atoms with Gasteiger partial charge in [-0.05, 0) is 81.3 Å². The summed E-state index contributed by atoms with van der Waals surface area (Å²) >= 11 is 6.32. The predicted octanol–water partition coefficient (Wildman–Crippen LogP) is 6.52. The molecular weight excluding hydrogens is 570 g/mol. The number of carbonyl (C=O) groups is 1. The number of fused-ring (bicyclic) bond motifs is 5. The van der Waals surface area contributed by atoms with Crippen molar-refractivity contribution in [2.45, 2.75) is 50.4 Å². The number of aliphatic imine (C=N–C) groups is 1. The average Bonchev–Trinajstić information content (AvgIpc) is 3.14. The first-order valence-corrected chi connectivity index (χ1v) is 14.8. The summed E-state index contributed by atoms with van der Waals surface area (Å²) in [5.41, 5.74) is 3.67. The number of anilines is 2. The Bertz CT molecular complexity index is 1730. The molecule has 3 aromatic carbocycles. The van der Waals surface area contributed by atoms with Gasteiger partial charge in [0.25, 0.3) is 5.91 Å². The average molecular weight is 599 g/mol. The van der Waals surface area contributed by atoms with Gasteiger partial charge in [-0.1, -0.05) is 23.7 Å². The number of carbonyl (C=O) groups excluding carboxylic acids is 1. The van der Waals surface area contributed by atoms with Gasteiger partial charge >= 0.3 is 0 Å². The third-order valence-electron chi connectivity index (χ3n) is 8.80. The van der Waals surface area contributed by atoms with E-state index in [1.807, 2.05) is 12.1 Å². The van der Waals surface area contributed by atoms with E-state index in [2.05, 4.69) is 32.6 Å². The number of hydrogen-bond donors (Lipinski definition) is 2. The second-order valence-corrected chi connectivity index (χ2v) is 11.8. The lowest BCUT2D eigenvalue weighted by molar-refractivity contribution is 0.0882. The molecule has 1 aromatic heterocycles. The molecule has 3 aliphatic heterocycles. The van der Waals surface area contributed by atoms with Crippen molar-refractivity contribution in [2.75, 3.05) is 12.4 Å². The molecule has 2 N–H and O–H groups in total. The van der Waals surface area contributed by atoms with E-state index in [4.69, 9.17) is 16.6 Å². The van der Waals surface area contributed by atoms with Gasteiger partial charge in [0.2, 0.25) is 5.95 Å². The molecule has 2 saturated heterocycles. The molecule has 10 heteroatoms. The fraction of sp³-hybridized carbons (Fsp3) is 0.273. The predicted molar refractivity (Wildman–Crippen MR) is 163 cm³/mol. The van der Waals surface area contributed by atoms with Gasteiger partial charge in [-0.2, -0.15) is 0 Å². The van der Waals surface area contributed by atoms with Crippen LogP contribution in [-0.4, -0.2) is 51.7 Å². The minimum atomic E-state index is -0.709. The summed E-state index contributed by atoms with van der Waals surface area (Å²) in [5.74, 6) is -1.15. The number of amides is 1. The first-order chi connectivity index (χ1) is 20.8. The van der Waals surface area contributed by atoms with Gasteiger partial charge in [0.15, 0.2) is 0 Å². The number of halogens is 3. The lowest BCUT2D eigenvalue weighted by Gasteiger charge is -2.36. The fourth-order valence-electron chi connectivity index (χ4n) is 6.55. The largest absolute Gasteiger partial charge is 0.349 e. The van der Waals surface area contributed by atoms with Crippen LogP contribution in [0, 0.1) is 11.6 Å². The van der Waals surface area contributed by atoms with E-state index < -0.39 is 11.6 Å². The first-order valence-electron chi connectivity index (χ1n) is 14.4. The second-order valence-electron chi connectivity index (χ2n) is 11.4. The highest BCUT2D eigenvalue weighted by atomic mass is 35.5. The minimum Gasteiger partial charge on any atom is -0.349 e. The number of piperidine rings is 1. The van der Waals surface area contributed by atoms with Crippen molar-refractivity contribution in [1.82, 2.24) is 20.2 Å². The number of hydrogen-bond acceptors (Lipinski definition) is 6. The van der Waals surface area contributed by atoms with Crippen LogP contribution >= 0.6 is 11.6 Å². The maximum Gasteiger partial charge on any atom is 0.251 e. The molecule has 43 heavy (non-hydrogen) atoms. The molecule has 2 fully saturated rings. The molecule has 0 radical (unpaired) electrons. The van der Waals surface area contributed by atoms with Gasteiger partial charge in [-0.15, -0.1) is 0 Å². The van der Waals surface area contributed by atoms with Gasteiger partial charge in [0.05, 0.1) is 23.5 Å². The first kappa shape index (κ1) is 27.6. The molecule has 2 bridgehead atoms. The molecule has 4 aromatic rings. The summed E-state index contributed by atoms with van der Waals surface area (Å²) in [5, 5.41) is 6.84. The zero-order valence-corrected chi connectivity index (χ0v) is 24.2. The molecule has 4 heterocycles. The molecule has 1 amide bonds. The van der Waals surface area contributed by atoms with Gasteiger partial charge in [0.1, 0.15) is 11.6 Å². The van der Waals surface area contributed by atoms with Crippen LogP contribution in [0.2, 0.25) is 5.02 Å². The van der Waals surface area contributed by atoms with Crippen molar-refractivity contribution in [3.05, 3.63) is 106 Å². The van der Waals surface area contributed by atoms with E-state index in [9.17, 15) is 13.6 Å². The molecule has 2 unspecified atom stereocenters. The highest BCUT2D eigenvalue weighted by molar-refractivity contribution is 6.31. The van der Waals surface area contributed by atoms with Crippen LogP contribution in [0.4, 0.5) is 20.4 Å². The molecule has 7 rings (SSSR count). The topological polar surface area (TPSA) is 82.5 Å². The van der Waals surface area contributed by atoms with Gasteiger partial charge < -0.3 is 15.5 Å². The van der Waals surface area contributed by atoms with Crippen molar-refractivity contribution < 1.29 is 13.6 Å². The Kier molecular flexibility index (Phi) is 7.15. The van der Waals surface area contributed by atoms with E-state index >= 15 is 0 Å². The summed E-state index contributed by atoms with van der Waals surface area (Å²) in [7, 11) is 2.19. The molecule has 0 spiro atoms. The lowest BCUT2D eigenvalue weighted by Crippen LogP contribution is -2.48. The summed E-state index contributed by atoms with van der Waals surface area (Å²) in [6.45, 7) is 0.133. The lowest BCUT2D eigenvalue weighted by atomic mass is 9.95. The van der Waals surface area contributed by atoms with E-state index in [0.717, 1.165) is 12.8 Å². The van der Waals surface area contributed by atoms with E-state index in [-0.39, 0.29) is 29.8 Å². The highest BCUT2D eigenvalue weighted by Gasteiger charge is 2.38. The Morgan fingerprint density at radius 3 is 2.42 bits per heavy atom. The summed E-state index contributed by atoms with van der Waals surface area (Å²) in [4.78, 5) is 29.2. The SMILES string of the molecule is CN1C2CCC1CC(NC(=O)c1ccc(Nc3ncc4c(n3)-c3ccc(Cl)cc3C(c3c(F)cccc3F)=NC4)cc1)C2. The number of rotatable bonds is 5. The van der Waals surface area contributed by atoms with Crippen molar-refractivity contribution in [2.24, 2.45) is 4.99 Å². The Morgan fingerprint density at radius 1 is 0.977 bits per heavy atom. The quantitative estimate of drug-likeness (QED) is 0.273. The van der Waals surface area contributed by atoms with Crippen molar-refractivity contribution in [3.63, 3.8) is 0 Å². The van der Waals surface area contributed by atoms with Crippen LogP contribution in [0.5, 0.6) is 0 Å². The van der Waals surface area contributed by atoms with E-state index in [0.29, 0.717) is 56.7 Å². The van der Waals surface area contributed by atoms with E-state index in [1.165, 1.54) is 31.0 Å². The van der Waals surface area contributed by atoms with E-state index in [1.54, 1.807) is 36.5 Å². The summed E-state index contributed by atoms with van der Waals surface area (Å²) in [6.07, 6.45) is 6.05. The zero-order chi connectivity index (χ0) is 29.7. The molecule has 0 aliphatic carbocycles.